The van der Waals surface area contributed by atoms with Crippen molar-refractivity contribution in [3.8, 4) is 0 Å². The molecule has 4 nitrogen and oxygen atoms in total. The van der Waals surface area contributed by atoms with E-state index < -0.39 is 0 Å². The van der Waals surface area contributed by atoms with Crippen LogP contribution in [0.4, 0.5) is 5.69 Å². The summed E-state index contributed by atoms with van der Waals surface area (Å²) in [4.78, 5) is 19.0. The summed E-state index contributed by atoms with van der Waals surface area (Å²) in [5.74, 6) is -0.103. The molecule has 0 bridgehead atoms. The molecule has 0 spiro atoms. The second kappa shape index (κ2) is 8.15. The highest BCUT2D eigenvalue weighted by Crippen LogP contribution is 2.19. The Labute approximate surface area is 147 Å². The van der Waals surface area contributed by atoms with Crippen molar-refractivity contribution >= 4 is 23.2 Å². The lowest BCUT2D eigenvalue weighted by atomic mass is 10.2. The molecule has 2 aromatic rings. The molecule has 2 heterocycles. The van der Waals surface area contributed by atoms with E-state index in [0.717, 1.165) is 24.3 Å². The van der Waals surface area contributed by atoms with E-state index in [1.165, 1.54) is 25.7 Å². The lowest BCUT2D eigenvalue weighted by Gasteiger charge is -2.22. The summed E-state index contributed by atoms with van der Waals surface area (Å²) < 4.78 is 0. The van der Waals surface area contributed by atoms with E-state index in [-0.39, 0.29) is 5.91 Å². The maximum absolute atomic E-state index is 12.4. The zero-order chi connectivity index (χ0) is 16.8. The fourth-order valence-corrected chi connectivity index (χ4v) is 3.07. The predicted molar refractivity (Wildman–Crippen MR) is 97.5 cm³/mol. The molecule has 24 heavy (non-hydrogen) atoms. The fraction of sp³-hybridized carbons (Fsp3) is 0.368. The second-order valence-corrected chi connectivity index (χ2v) is 6.58. The number of rotatable bonds is 4. The molecule has 3 rings (SSSR count). The highest BCUT2D eigenvalue weighted by atomic mass is 35.5. The van der Waals surface area contributed by atoms with Crippen LogP contribution in [0.2, 0.25) is 5.02 Å². The molecule has 1 aliphatic rings. The van der Waals surface area contributed by atoms with Crippen LogP contribution in [-0.2, 0) is 6.54 Å². The van der Waals surface area contributed by atoms with Crippen molar-refractivity contribution < 1.29 is 4.79 Å². The average molecular weight is 344 g/mol. The first-order valence-corrected chi connectivity index (χ1v) is 8.83. The Bertz CT molecular complexity index is 679. The van der Waals surface area contributed by atoms with Crippen molar-refractivity contribution in [1.82, 2.24) is 10.3 Å². The Balaban J connectivity index is 1.64. The molecule has 126 valence electrons. The van der Waals surface area contributed by atoms with E-state index >= 15 is 0 Å². The first-order chi connectivity index (χ1) is 11.7. The van der Waals surface area contributed by atoms with Gasteiger partial charge in [-0.1, -0.05) is 36.6 Å². The van der Waals surface area contributed by atoms with Gasteiger partial charge in [0.25, 0.3) is 5.91 Å². The number of nitrogens with zero attached hydrogens (tertiary/aromatic N) is 2. The van der Waals surface area contributed by atoms with Crippen LogP contribution in [-0.4, -0.2) is 24.0 Å². The third-order valence-corrected chi connectivity index (χ3v) is 4.58. The smallest absolute Gasteiger partial charge is 0.253 e. The number of aromatic nitrogens is 1. The van der Waals surface area contributed by atoms with Gasteiger partial charge >= 0.3 is 0 Å². The molecular weight excluding hydrogens is 322 g/mol. The number of anilines is 1. The number of carbonyl (C=O) groups is 1. The number of hydrogen-bond donors (Lipinski definition) is 1. The molecule has 1 saturated heterocycles. The van der Waals surface area contributed by atoms with Crippen LogP contribution >= 0.6 is 11.6 Å². The summed E-state index contributed by atoms with van der Waals surface area (Å²) in [6.07, 6.45) is 8.44. The Morgan fingerprint density at radius 1 is 1.08 bits per heavy atom. The SMILES string of the molecule is O=C(NCc1ccc(Cl)cc1)c1cncc(N2CCCCCC2)c1. The van der Waals surface area contributed by atoms with Crippen LogP contribution in [0.5, 0.6) is 0 Å². The van der Waals surface area contributed by atoms with Crippen LogP contribution < -0.4 is 10.2 Å². The van der Waals surface area contributed by atoms with Crippen molar-refractivity contribution in [2.45, 2.75) is 32.2 Å². The molecule has 1 N–H and O–H groups in total. The van der Waals surface area contributed by atoms with Crippen LogP contribution in [0.15, 0.2) is 42.7 Å². The van der Waals surface area contributed by atoms with Crippen molar-refractivity contribution in [3.05, 3.63) is 58.9 Å². The summed E-state index contributed by atoms with van der Waals surface area (Å²) in [6, 6.07) is 9.41. The number of benzene rings is 1. The Morgan fingerprint density at radius 3 is 2.50 bits per heavy atom. The Hall–Kier alpha value is -2.07. The largest absolute Gasteiger partial charge is 0.370 e. The van der Waals surface area contributed by atoms with Gasteiger partial charge in [-0.15, -0.1) is 0 Å². The average Bonchev–Trinajstić information content (AvgIpc) is 2.90. The summed E-state index contributed by atoms with van der Waals surface area (Å²) in [5, 5.41) is 3.63. The zero-order valence-corrected chi connectivity index (χ0v) is 14.4. The number of pyridine rings is 1. The summed E-state index contributed by atoms with van der Waals surface area (Å²) >= 11 is 5.87. The minimum absolute atomic E-state index is 0.103. The fourth-order valence-electron chi connectivity index (χ4n) is 2.94. The standard InChI is InChI=1S/C19H22ClN3O/c20-17-7-5-15(6-8-17)12-22-19(24)16-11-18(14-21-13-16)23-9-3-1-2-4-10-23/h5-8,11,13-14H,1-4,9-10,12H2,(H,22,24). The van der Waals surface area contributed by atoms with Gasteiger partial charge in [0.2, 0.25) is 0 Å². The predicted octanol–water partition coefficient (Wildman–Crippen LogP) is 4.05. The van der Waals surface area contributed by atoms with Gasteiger partial charge in [-0.2, -0.15) is 0 Å². The quantitative estimate of drug-likeness (QED) is 0.911. The molecule has 1 amide bonds. The maximum atomic E-state index is 12.4. The van der Waals surface area contributed by atoms with E-state index in [2.05, 4.69) is 15.2 Å². The first kappa shape index (κ1) is 16.8. The third kappa shape index (κ3) is 4.48. The molecule has 0 saturated carbocycles. The topological polar surface area (TPSA) is 45.2 Å². The van der Waals surface area contributed by atoms with E-state index in [9.17, 15) is 4.79 Å². The highest BCUT2D eigenvalue weighted by molar-refractivity contribution is 6.30. The Kier molecular flexibility index (Phi) is 5.70. The number of carbonyl (C=O) groups excluding carboxylic acids is 1. The lowest BCUT2D eigenvalue weighted by molar-refractivity contribution is 0.0950. The summed E-state index contributed by atoms with van der Waals surface area (Å²) in [7, 11) is 0. The molecule has 5 heteroatoms. The molecule has 0 atom stereocenters. The number of nitrogens with one attached hydrogen (secondary N) is 1. The molecule has 1 aromatic carbocycles. The van der Waals surface area contributed by atoms with Crippen LogP contribution in [0.1, 0.15) is 41.6 Å². The Morgan fingerprint density at radius 2 is 1.79 bits per heavy atom. The van der Waals surface area contributed by atoms with E-state index in [0.29, 0.717) is 17.1 Å². The van der Waals surface area contributed by atoms with E-state index in [4.69, 9.17) is 11.6 Å². The van der Waals surface area contributed by atoms with E-state index in [1.807, 2.05) is 36.5 Å². The third-order valence-electron chi connectivity index (χ3n) is 4.32. The van der Waals surface area contributed by atoms with Crippen LogP contribution in [0.25, 0.3) is 0 Å². The normalized spacial score (nSPS) is 15.0. The number of amides is 1. The van der Waals surface area contributed by atoms with Crippen molar-refractivity contribution in [2.24, 2.45) is 0 Å². The van der Waals surface area contributed by atoms with Gasteiger partial charge in [0.1, 0.15) is 0 Å². The highest BCUT2D eigenvalue weighted by Gasteiger charge is 2.13. The second-order valence-electron chi connectivity index (χ2n) is 6.14. The molecular formula is C19H22ClN3O. The zero-order valence-electron chi connectivity index (χ0n) is 13.7. The van der Waals surface area contributed by atoms with Crippen LogP contribution in [0, 0.1) is 0 Å². The molecule has 1 fully saturated rings. The van der Waals surface area contributed by atoms with Gasteiger partial charge in [-0.3, -0.25) is 9.78 Å². The van der Waals surface area contributed by atoms with Gasteiger partial charge in [0.15, 0.2) is 0 Å². The monoisotopic (exact) mass is 343 g/mol. The number of hydrogen-bond acceptors (Lipinski definition) is 3. The summed E-state index contributed by atoms with van der Waals surface area (Å²) in [5.41, 5.74) is 2.66. The van der Waals surface area contributed by atoms with Crippen molar-refractivity contribution in [2.75, 3.05) is 18.0 Å². The van der Waals surface area contributed by atoms with Gasteiger partial charge in [0.05, 0.1) is 17.4 Å². The van der Waals surface area contributed by atoms with Gasteiger partial charge in [-0.05, 0) is 36.6 Å². The molecule has 1 aliphatic heterocycles. The molecule has 1 aromatic heterocycles. The lowest BCUT2D eigenvalue weighted by Crippen LogP contribution is -2.26. The minimum atomic E-state index is -0.103. The number of halogens is 1. The summed E-state index contributed by atoms with van der Waals surface area (Å²) in [6.45, 7) is 2.55. The van der Waals surface area contributed by atoms with Crippen molar-refractivity contribution in [3.63, 3.8) is 0 Å². The molecule has 0 unspecified atom stereocenters. The minimum Gasteiger partial charge on any atom is -0.370 e. The van der Waals surface area contributed by atoms with Gasteiger partial charge < -0.3 is 10.2 Å². The molecule has 0 radical (unpaired) electrons. The van der Waals surface area contributed by atoms with Crippen molar-refractivity contribution in [1.29, 1.82) is 0 Å². The van der Waals surface area contributed by atoms with E-state index in [1.54, 1.807) is 6.20 Å². The molecule has 0 aliphatic carbocycles. The van der Waals surface area contributed by atoms with Gasteiger partial charge in [-0.25, -0.2) is 0 Å². The first-order valence-electron chi connectivity index (χ1n) is 8.45. The van der Waals surface area contributed by atoms with Gasteiger partial charge in [0, 0.05) is 30.9 Å². The van der Waals surface area contributed by atoms with Crippen LogP contribution in [0.3, 0.4) is 0 Å². The maximum Gasteiger partial charge on any atom is 0.253 e.